The molecule has 0 bridgehead atoms. The van der Waals surface area contributed by atoms with Crippen molar-refractivity contribution < 1.29 is 0 Å². The molecule has 2 rings (SSSR count). The second kappa shape index (κ2) is 5.50. The van der Waals surface area contributed by atoms with Gasteiger partial charge in [-0.3, -0.25) is 4.98 Å². The van der Waals surface area contributed by atoms with E-state index in [0.717, 1.165) is 5.69 Å². The van der Waals surface area contributed by atoms with Gasteiger partial charge in [0.1, 0.15) is 0 Å². The third-order valence-corrected chi connectivity index (χ3v) is 2.79. The minimum absolute atomic E-state index is 0.984. The van der Waals surface area contributed by atoms with Crippen LogP contribution in [0.5, 0.6) is 0 Å². The molecule has 1 aromatic carbocycles. The highest BCUT2D eigenvalue weighted by Gasteiger charge is 1.94. The monoisotopic (exact) mass is 238 g/mol. The standard InChI is InChI=1S/C16H18N2/c1-13-4-8-15(17-12-13)9-5-14-6-10-16(11-7-14)18(2)3/h4-12H,1-3H3/b9-5+. The van der Waals surface area contributed by atoms with E-state index < -0.39 is 0 Å². The molecule has 0 atom stereocenters. The van der Waals surface area contributed by atoms with Crippen LogP contribution in [-0.4, -0.2) is 19.1 Å². The second-order valence-corrected chi connectivity index (χ2v) is 4.58. The first-order valence-corrected chi connectivity index (χ1v) is 6.03. The molecule has 0 aliphatic heterocycles. The van der Waals surface area contributed by atoms with Gasteiger partial charge < -0.3 is 4.90 Å². The number of nitrogens with zero attached hydrogens (tertiary/aromatic N) is 2. The fourth-order valence-corrected chi connectivity index (χ4v) is 1.64. The lowest BCUT2D eigenvalue weighted by Gasteiger charge is -2.11. The van der Waals surface area contributed by atoms with Crippen molar-refractivity contribution in [1.29, 1.82) is 0 Å². The summed E-state index contributed by atoms with van der Waals surface area (Å²) in [6, 6.07) is 12.5. The SMILES string of the molecule is Cc1ccc(/C=C/c2ccc(N(C)C)cc2)nc1. The Kier molecular flexibility index (Phi) is 3.78. The molecule has 0 aliphatic rings. The molecule has 0 N–H and O–H groups in total. The number of rotatable bonds is 3. The highest BCUT2D eigenvalue weighted by molar-refractivity contribution is 5.69. The predicted octanol–water partition coefficient (Wildman–Crippen LogP) is 3.63. The lowest BCUT2D eigenvalue weighted by molar-refractivity contribution is 1.13. The van der Waals surface area contributed by atoms with Gasteiger partial charge in [-0.15, -0.1) is 0 Å². The van der Waals surface area contributed by atoms with E-state index in [0.29, 0.717) is 0 Å². The Morgan fingerprint density at radius 1 is 0.944 bits per heavy atom. The molecule has 0 fully saturated rings. The normalized spacial score (nSPS) is 10.8. The smallest absolute Gasteiger partial charge is 0.0630 e. The quantitative estimate of drug-likeness (QED) is 0.811. The van der Waals surface area contributed by atoms with Crippen LogP contribution in [0.3, 0.4) is 0 Å². The Morgan fingerprint density at radius 2 is 1.67 bits per heavy atom. The van der Waals surface area contributed by atoms with E-state index in [1.54, 1.807) is 0 Å². The van der Waals surface area contributed by atoms with Crippen molar-refractivity contribution >= 4 is 17.8 Å². The Labute approximate surface area is 109 Å². The van der Waals surface area contributed by atoms with Crippen molar-refractivity contribution in [3.8, 4) is 0 Å². The molecule has 0 radical (unpaired) electrons. The van der Waals surface area contributed by atoms with Gasteiger partial charge in [0.2, 0.25) is 0 Å². The zero-order valence-electron chi connectivity index (χ0n) is 11.1. The largest absolute Gasteiger partial charge is 0.378 e. The molecule has 1 aromatic heterocycles. The number of aromatic nitrogens is 1. The lowest BCUT2D eigenvalue weighted by Crippen LogP contribution is -2.07. The molecular formula is C16H18N2. The van der Waals surface area contributed by atoms with E-state index in [2.05, 4.69) is 46.3 Å². The Balaban J connectivity index is 2.11. The summed E-state index contributed by atoms with van der Waals surface area (Å²) in [5.41, 5.74) is 4.56. The highest BCUT2D eigenvalue weighted by atomic mass is 15.1. The summed E-state index contributed by atoms with van der Waals surface area (Å²) in [5, 5.41) is 0. The van der Waals surface area contributed by atoms with Gasteiger partial charge in [0.05, 0.1) is 5.69 Å². The maximum atomic E-state index is 4.34. The van der Waals surface area contributed by atoms with Crippen LogP contribution in [0.1, 0.15) is 16.8 Å². The number of aryl methyl sites for hydroxylation is 1. The van der Waals surface area contributed by atoms with E-state index in [-0.39, 0.29) is 0 Å². The van der Waals surface area contributed by atoms with Crippen molar-refractivity contribution in [1.82, 2.24) is 4.98 Å². The molecule has 92 valence electrons. The average molecular weight is 238 g/mol. The molecule has 2 heteroatoms. The van der Waals surface area contributed by atoms with E-state index in [1.165, 1.54) is 16.8 Å². The van der Waals surface area contributed by atoms with Gasteiger partial charge in [-0.05, 0) is 42.3 Å². The molecule has 18 heavy (non-hydrogen) atoms. The van der Waals surface area contributed by atoms with Gasteiger partial charge in [-0.2, -0.15) is 0 Å². The first kappa shape index (κ1) is 12.4. The van der Waals surface area contributed by atoms with Gasteiger partial charge in [0.15, 0.2) is 0 Å². The fourth-order valence-electron chi connectivity index (χ4n) is 1.64. The second-order valence-electron chi connectivity index (χ2n) is 4.58. The molecule has 2 aromatic rings. The zero-order valence-corrected chi connectivity index (χ0v) is 11.1. The first-order valence-electron chi connectivity index (χ1n) is 6.03. The maximum Gasteiger partial charge on any atom is 0.0630 e. The Hall–Kier alpha value is -2.09. The van der Waals surface area contributed by atoms with Gasteiger partial charge >= 0.3 is 0 Å². The first-order chi connectivity index (χ1) is 8.65. The molecule has 2 nitrogen and oxygen atoms in total. The molecule has 0 unspecified atom stereocenters. The lowest BCUT2D eigenvalue weighted by atomic mass is 10.1. The van der Waals surface area contributed by atoms with Gasteiger partial charge in [-0.25, -0.2) is 0 Å². The van der Waals surface area contributed by atoms with Crippen molar-refractivity contribution in [2.24, 2.45) is 0 Å². The molecule has 0 aliphatic carbocycles. The van der Waals surface area contributed by atoms with Crippen molar-refractivity contribution in [3.63, 3.8) is 0 Å². The van der Waals surface area contributed by atoms with Gasteiger partial charge in [0, 0.05) is 26.0 Å². The zero-order chi connectivity index (χ0) is 13.0. The van der Waals surface area contributed by atoms with Crippen LogP contribution >= 0.6 is 0 Å². The van der Waals surface area contributed by atoms with E-state index in [1.807, 2.05) is 39.4 Å². The summed E-state index contributed by atoms with van der Waals surface area (Å²) in [4.78, 5) is 6.44. The highest BCUT2D eigenvalue weighted by Crippen LogP contribution is 2.14. The minimum atomic E-state index is 0.984. The van der Waals surface area contributed by atoms with Crippen molar-refractivity contribution in [3.05, 3.63) is 59.4 Å². The summed E-state index contributed by atoms with van der Waals surface area (Å²) in [7, 11) is 4.09. The van der Waals surface area contributed by atoms with Crippen LogP contribution in [0, 0.1) is 6.92 Å². The van der Waals surface area contributed by atoms with Crippen LogP contribution in [0.2, 0.25) is 0 Å². The molecule has 0 amide bonds. The summed E-state index contributed by atoms with van der Waals surface area (Å²) < 4.78 is 0. The van der Waals surface area contributed by atoms with Crippen molar-refractivity contribution in [2.75, 3.05) is 19.0 Å². The predicted molar refractivity (Wildman–Crippen MR) is 78.7 cm³/mol. The summed E-state index contributed by atoms with van der Waals surface area (Å²) in [5.74, 6) is 0. The number of hydrogen-bond donors (Lipinski definition) is 0. The number of benzene rings is 1. The van der Waals surface area contributed by atoms with E-state index in [9.17, 15) is 0 Å². The number of pyridine rings is 1. The van der Waals surface area contributed by atoms with Gasteiger partial charge in [-0.1, -0.05) is 24.3 Å². The van der Waals surface area contributed by atoms with Crippen LogP contribution in [0.4, 0.5) is 5.69 Å². The molecule has 0 spiro atoms. The van der Waals surface area contributed by atoms with Crippen LogP contribution in [0.15, 0.2) is 42.6 Å². The fraction of sp³-hybridized carbons (Fsp3) is 0.188. The molecule has 0 saturated carbocycles. The van der Waals surface area contributed by atoms with Crippen LogP contribution in [-0.2, 0) is 0 Å². The molecule has 1 heterocycles. The summed E-state index contributed by atoms with van der Waals surface area (Å²) >= 11 is 0. The maximum absolute atomic E-state index is 4.34. The Bertz CT molecular complexity index is 522. The number of hydrogen-bond acceptors (Lipinski definition) is 2. The molecular weight excluding hydrogens is 220 g/mol. The van der Waals surface area contributed by atoms with E-state index >= 15 is 0 Å². The minimum Gasteiger partial charge on any atom is -0.378 e. The Morgan fingerprint density at radius 3 is 2.22 bits per heavy atom. The number of anilines is 1. The van der Waals surface area contributed by atoms with Crippen molar-refractivity contribution in [2.45, 2.75) is 6.92 Å². The average Bonchev–Trinajstić information content (AvgIpc) is 2.38. The third kappa shape index (κ3) is 3.20. The third-order valence-electron chi connectivity index (χ3n) is 2.79. The molecule has 0 saturated heterocycles. The summed E-state index contributed by atoms with van der Waals surface area (Å²) in [6.07, 6.45) is 6.00. The topological polar surface area (TPSA) is 16.1 Å². The summed E-state index contributed by atoms with van der Waals surface area (Å²) in [6.45, 7) is 2.04. The van der Waals surface area contributed by atoms with Crippen LogP contribution in [0.25, 0.3) is 12.2 Å². The van der Waals surface area contributed by atoms with Crippen LogP contribution < -0.4 is 4.90 Å². The van der Waals surface area contributed by atoms with Gasteiger partial charge in [0.25, 0.3) is 0 Å². The van der Waals surface area contributed by atoms with E-state index in [4.69, 9.17) is 0 Å².